The molecule has 1 fully saturated rings. The smallest absolute Gasteiger partial charge is 0.332 e. The van der Waals surface area contributed by atoms with Crippen molar-refractivity contribution in [1.82, 2.24) is 15.8 Å². The largest absolute Gasteiger partial charge is 0.478 e. The zero-order valence-corrected chi connectivity index (χ0v) is 13.7. The fraction of sp³-hybridized carbons (Fsp3) is 0.438. The normalized spacial score (nSPS) is 18.2. The lowest BCUT2D eigenvalue weighted by atomic mass is 10.1. The molecule has 132 valence electrons. The summed E-state index contributed by atoms with van der Waals surface area (Å²) < 4.78 is 5.54. The third-order valence-electron chi connectivity index (χ3n) is 3.23. The second-order valence-electron chi connectivity index (χ2n) is 5.18. The summed E-state index contributed by atoms with van der Waals surface area (Å²) in [5, 5.41) is 12.9. The van der Waals surface area contributed by atoms with E-state index < -0.39 is 17.8 Å². The predicted molar refractivity (Wildman–Crippen MR) is 87.6 cm³/mol. The molecule has 1 aliphatic heterocycles. The number of carboxylic acids is 1. The Bertz CT molecular complexity index is 536. The van der Waals surface area contributed by atoms with E-state index >= 15 is 0 Å². The van der Waals surface area contributed by atoms with E-state index in [0.717, 1.165) is 36.8 Å². The van der Waals surface area contributed by atoms with Crippen LogP contribution in [0.25, 0.3) is 0 Å². The first-order valence-corrected chi connectivity index (χ1v) is 7.61. The van der Waals surface area contributed by atoms with Crippen LogP contribution in [0.15, 0.2) is 36.6 Å². The maximum absolute atomic E-state index is 11.8. The summed E-state index contributed by atoms with van der Waals surface area (Å²) in [6, 6.07) is 0. The number of nitrogens with zero attached hydrogens (tertiary/aromatic N) is 1. The average molecular weight is 337 g/mol. The number of carboxylic acid groups (broad SMARTS) is 1. The van der Waals surface area contributed by atoms with Crippen LogP contribution in [0.1, 0.15) is 19.8 Å². The molecule has 3 N–H and O–H groups in total. The third kappa shape index (κ3) is 7.21. The Hall–Kier alpha value is -2.45. The fourth-order valence-corrected chi connectivity index (χ4v) is 1.93. The van der Waals surface area contributed by atoms with Crippen molar-refractivity contribution in [3.8, 4) is 0 Å². The molecule has 0 aromatic carbocycles. The number of allylic oxidation sites excluding steroid dienone is 1. The van der Waals surface area contributed by atoms with E-state index in [1.165, 1.54) is 13.0 Å². The average Bonchev–Trinajstić information content (AvgIpc) is 2.58. The van der Waals surface area contributed by atoms with Crippen molar-refractivity contribution in [2.75, 3.05) is 19.7 Å². The van der Waals surface area contributed by atoms with E-state index in [9.17, 15) is 14.4 Å². The van der Waals surface area contributed by atoms with Crippen LogP contribution < -0.4 is 10.7 Å². The van der Waals surface area contributed by atoms with Gasteiger partial charge in [-0.05, 0) is 25.8 Å². The fourth-order valence-electron chi connectivity index (χ4n) is 1.93. The Morgan fingerprint density at radius 2 is 2.21 bits per heavy atom. The van der Waals surface area contributed by atoms with Gasteiger partial charge in [0.2, 0.25) is 0 Å². The molecule has 8 heteroatoms. The zero-order chi connectivity index (χ0) is 17.9. The molecule has 8 nitrogen and oxygen atoms in total. The van der Waals surface area contributed by atoms with Crippen LogP contribution in [-0.4, -0.2) is 53.7 Å². The topological polar surface area (TPSA) is 108 Å². The summed E-state index contributed by atoms with van der Waals surface area (Å²) >= 11 is 0. The molecular weight excluding hydrogens is 314 g/mol. The highest BCUT2D eigenvalue weighted by molar-refractivity contribution is 5.94. The van der Waals surface area contributed by atoms with Crippen LogP contribution in [0, 0.1) is 0 Å². The predicted octanol–water partition coefficient (Wildman–Crippen LogP) is 0.345. The lowest BCUT2D eigenvalue weighted by Gasteiger charge is -2.22. The molecule has 1 rings (SSSR count). The SMILES string of the molecule is C=CC(=O)N(C=C(C)C(=O)O)NC(=O)C=CCCC1CNCCO1. The van der Waals surface area contributed by atoms with Gasteiger partial charge < -0.3 is 15.2 Å². The lowest BCUT2D eigenvalue weighted by Crippen LogP contribution is -2.41. The summed E-state index contributed by atoms with van der Waals surface area (Å²) in [6.45, 7) is 6.95. The van der Waals surface area contributed by atoms with Gasteiger partial charge in [0.1, 0.15) is 0 Å². The molecule has 1 unspecified atom stereocenters. The van der Waals surface area contributed by atoms with Crippen molar-refractivity contribution < 1.29 is 24.2 Å². The number of hydrogen-bond donors (Lipinski definition) is 3. The minimum Gasteiger partial charge on any atom is -0.478 e. The molecule has 1 saturated heterocycles. The number of hydrogen-bond acceptors (Lipinski definition) is 5. The first-order valence-electron chi connectivity index (χ1n) is 7.61. The molecule has 0 aromatic heterocycles. The van der Waals surface area contributed by atoms with Crippen LogP contribution in [0.2, 0.25) is 0 Å². The number of ether oxygens (including phenoxy) is 1. The molecule has 1 heterocycles. The number of morpholine rings is 1. The van der Waals surface area contributed by atoms with Gasteiger partial charge in [0.05, 0.1) is 18.3 Å². The molecule has 0 saturated carbocycles. The Kier molecular flexibility index (Phi) is 8.45. The molecule has 1 aliphatic rings. The van der Waals surface area contributed by atoms with Crippen molar-refractivity contribution in [2.24, 2.45) is 0 Å². The van der Waals surface area contributed by atoms with Crippen molar-refractivity contribution >= 4 is 17.8 Å². The van der Waals surface area contributed by atoms with Gasteiger partial charge in [-0.3, -0.25) is 15.0 Å². The summed E-state index contributed by atoms with van der Waals surface area (Å²) in [7, 11) is 0. The first-order chi connectivity index (χ1) is 11.4. The van der Waals surface area contributed by atoms with E-state index in [0.29, 0.717) is 13.0 Å². The molecule has 2 amide bonds. The molecule has 24 heavy (non-hydrogen) atoms. The summed E-state index contributed by atoms with van der Waals surface area (Å²) in [5.74, 6) is -2.37. The molecule has 1 atom stereocenters. The first kappa shape index (κ1) is 19.6. The molecule has 0 aliphatic carbocycles. The highest BCUT2D eigenvalue weighted by atomic mass is 16.5. The van der Waals surface area contributed by atoms with Gasteiger partial charge in [0.25, 0.3) is 11.8 Å². The minimum absolute atomic E-state index is 0.101. The van der Waals surface area contributed by atoms with E-state index in [1.54, 1.807) is 6.08 Å². The van der Waals surface area contributed by atoms with Crippen molar-refractivity contribution in [1.29, 1.82) is 0 Å². The number of nitrogens with one attached hydrogen (secondary N) is 2. The number of hydrazine groups is 1. The monoisotopic (exact) mass is 337 g/mol. The lowest BCUT2D eigenvalue weighted by molar-refractivity contribution is -0.134. The molecule has 0 spiro atoms. The van der Waals surface area contributed by atoms with Gasteiger partial charge in [-0.15, -0.1) is 0 Å². The number of aliphatic carboxylic acids is 1. The second-order valence-corrected chi connectivity index (χ2v) is 5.18. The molecule has 0 radical (unpaired) electrons. The minimum atomic E-state index is -1.19. The molecule has 0 bridgehead atoms. The van der Waals surface area contributed by atoms with E-state index in [4.69, 9.17) is 9.84 Å². The van der Waals surface area contributed by atoms with Crippen molar-refractivity contribution in [3.63, 3.8) is 0 Å². The van der Waals surface area contributed by atoms with Gasteiger partial charge >= 0.3 is 5.97 Å². The second kappa shape index (κ2) is 10.3. The van der Waals surface area contributed by atoms with Crippen LogP contribution in [0.5, 0.6) is 0 Å². The Morgan fingerprint density at radius 3 is 2.79 bits per heavy atom. The van der Waals surface area contributed by atoms with Gasteiger partial charge in [0, 0.05) is 25.4 Å². The van der Waals surface area contributed by atoms with Crippen LogP contribution in [-0.2, 0) is 19.1 Å². The van der Waals surface area contributed by atoms with Gasteiger partial charge in [0.15, 0.2) is 0 Å². The highest BCUT2D eigenvalue weighted by Crippen LogP contribution is 2.05. The van der Waals surface area contributed by atoms with Gasteiger partial charge in [-0.25, -0.2) is 9.80 Å². The number of rotatable bonds is 7. The third-order valence-corrected chi connectivity index (χ3v) is 3.23. The van der Waals surface area contributed by atoms with Crippen molar-refractivity contribution in [2.45, 2.75) is 25.9 Å². The molecule has 0 aromatic rings. The Morgan fingerprint density at radius 1 is 1.46 bits per heavy atom. The van der Waals surface area contributed by atoms with E-state index in [-0.39, 0.29) is 11.7 Å². The van der Waals surface area contributed by atoms with Crippen LogP contribution in [0.3, 0.4) is 0 Å². The quantitative estimate of drug-likeness (QED) is 0.457. The van der Waals surface area contributed by atoms with Crippen molar-refractivity contribution in [3.05, 3.63) is 36.6 Å². The summed E-state index contributed by atoms with van der Waals surface area (Å²) in [4.78, 5) is 34.3. The van der Waals surface area contributed by atoms with E-state index in [1.807, 2.05) is 0 Å². The maximum Gasteiger partial charge on any atom is 0.332 e. The Labute approximate surface area is 140 Å². The number of carbonyl (C=O) groups excluding carboxylic acids is 2. The van der Waals surface area contributed by atoms with Crippen LogP contribution in [0.4, 0.5) is 0 Å². The molecular formula is C16H23N3O5. The van der Waals surface area contributed by atoms with Gasteiger partial charge in [-0.2, -0.15) is 0 Å². The standard InChI is InChI=1S/C16H23N3O5/c1-3-15(21)19(11-12(2)16(22)23)18-14(20)7-5-4-6-13-10-17-8-9-24-13/h3,5,7,11,13,17H,1,4,6,8-10H2,2H3,(H,18,20)(H,22,23). The number of carbonyl (C=O) groups is 3. The highest BCUT2D eigenvalue weighted by Gasteiger charge is 2.13. The summed E-state index contributed by atoms with van der Waals surface area (Å²) in [6.07, 6.45) is 6.54. The summed E-state index contributed by atoms with van der Waals surface area (Å²) in [5.41, 5.74) is 2.19. The van der Waals surface area contributed by atoms with Crippen LogP contribution >= 0.6 is 0 Å². The zero-order valence-electron chi connectivity index (χ0n) is 13.7. The Balaban J connectivity index is 2.50. The maximum atomic E-state index is 11.8. The van der Waals surface area contributed by atoms with Gasteiger partial charge in [-0.1, -0.05) is 12.7 Å². The van der Waals surface area contributed by atoms with E-state index in [2.05, 4.69) is 17.3 Å². The number of amides is 2.